The second-order valence-corrected chi connectivity index (χ2v) is 5.63. The van der Waals surface area contributed by atoms with Crippen LogP contribution in [0.4, 0.5) is 10.5 Å². The normalized spacial score (nSPS) is 18.7. The number of nitrogens with zero attached hydrogens (tertiary/aromatic N) is 2. The summed E-state index contributed by atoms with van der Waals surface area (Å²) >= 11 is 0. The highest BCUT2D eigenvalue weighted by Gasteiger charge is 2.24. The number of carboxylic acids is 1. The van der Waals surface area contributed by atoms with E-state index in [1.807, 2.05) is 0 Å². The van der Waals surface area contributed by atoms with E-state index < -0.39 is 5.97 Å². The first-order valence-electron chi connectivity index (χ1n) is 7.03. The fraction of sp³-hybridized carbons (Fsp3) is 0.571. The maximum Gasteiger partial charge on any atom is 0.354 e. The van der Waals surface area contributed by atoms with Gasteiger partial charge < -0.3 is 25.2 Å². The molecule has 0 spiro atoms. The number of amides is 2. The van der Waals surface area contributed by atoms with Gasteiger partial charge in [0.05, 0.1) is 5.69 Å². The van der Waals surface area contributed by atoms with Crippen molar-refractivity contribution in [1.29, 1.82) is 0 Å². The van der Waals surface area contributed by atoms with E-state index in [0.29, 0.717) is 24.0 Å². The zero-order valence-electron chi connectivity index (χ0n) is 12.6. The summed E-state index contributed by atoms with van der Waals surface area (Å²) < 4.78 is 0. The van der Waals surface area contributed by atoms with Gasteiger partial charge in [0.1, 0.15) is 5.69 Å². The molecule has 1 aromatic heterocycles. The van der Waals surface area contributed by atoms with Gasteiger partial charge in [-0.2, -0.15) is 0 Å². The molecule has 116 valence electrons. The van der Waals surface area contributed by atoms with Crippen LogP contribution in [-0.2, 0) is 0 Å². The van der Waals surface area contributed by atoms with E-state index in [1.54, 1.807) is 24.9 Å². The third-order valence-electron chi connectivity index (χ3n) is 3.91. The number of aromatic carboxylic acids is 1. The number of urea groups is 1. The molecule has 1 fully saturated rings. The van der Waals surface area contributed by atoms with Crippen molar-refractivity contribution in [2.75, 3.05) is 32.5 Å². The molecule has 2 heterocycles. The first kappa shape index (κ1) is 15.4. The Morgan fingerprint density at radius 2 is 2.29 bits per heavy atom. The molecule has 0 aromatic carbocycles. The van der Waals surface area contributed by atoms with Crippen LogP contribution in [0.25, 0.3) is 0 Å². The molecule has 7 nitrogen and oxygen atoms in total. The van der Waals surface area contributed by atoms with Crippen molar-refractivity contribution in [3.63, 3.8) is 0 Å². The van der Waals surface area contributed by atoms with Gasteiger partial charge in [0.2, 0.25) is 0 Å². The van der Waals surface area contributed by atoms with Crippen LogP contribution in [-0.4, -0.2) is 65.1 Å². The lowest BCUT2D eigenvalue weighted by molar-refractivity contribution is 0.0692. The summed E-state index contributed by atoms with van der Waals surface area (Å²) in [5, 5.41) is 11.7. The zero-order valence-corrected chi connectivity index (χ0v) is 12.6. The summed E-state index contributed by atoms with van der Waals surface area (Å²) in [5.74, 6) is -1.09. The minimum atomic E-state index is -1.09. The maximum atomic E-state index is 12.2. The fourth-order valence-electron chi connectivity index (χ4n) is 2.68. The van der Waals surface area contributed by atoms with Gasteiger partial charge in [0, 0.05) is 25.3 Å². The van der Waals surface area contributed by atoms with Crippen molar-refractivity contribution >= 4 is 17.7 Å². The second kappa shape index (κ2) is 6.17. The minimum absolute atomic E-state index is 0.00670. The highest BCUT2D eigenvalue weighted by molar-refractivity contribution is 5.99. The standard InChI is InChI=1S/C14H22N4O3/c1-9-7-11(12(15-9)13(19)20)16-14(21)18(3)8-10-5-4-6-17(10)2/h7,10,15H,4-6,8H2,1-3H3,(H,16,21)(H,19,20). The summed E-state index contributed by atoms with van der Waals surface area (Å²) in [6.45, 7) is 3.44. The van der Waals surface area contributed by atoms with Crippen LogP contribution < -0.4 is 5.32 Å². The third kappa shape index (κ3) is 3.55. The summed E-state index contributed by atoms with van der Waals surface area (Å²) in [6.07, 6.45) is 2.23. The number of aromatic amines is 1. The summed E-state index contributed by atoms with van der Waals surface area (Å²) in [5.41, 5.74) is 1.00. The van der Waals surface area contributed by atoms with Crippen LogP contribution in [0.2, 0.25) is 0 Å². The lowest BCUT2D eigenvalue weighted by Gasteiger charge is -2.25. The van der Waals surface area contributed by atoms with E-state index >= 15 is 0 Å². The Hall–Kier alpha value is -2.02. The number of nitrogens with one attached hydrogen (secondary N) is 2. The number of anilines is 1. The minimum Gasteiger partial charge on any atom is -0.477 e. The number of aromatic nitrogens is 1. The molecular formula is C14H22N4O3. The molecule has 0 bridgehead atoms. The van der Waals surface area contributed by atoms with Crippen molar-refractivity contribution in [3.05, 3.63) is 17.5 Å². The molecule has 1 aliphatic rings. The van der Waals surface area contributed by atoms with Crippen molar-refractivity contribution < 1.29 is 14.7 Å². The van der Waals surface area contributed by atoms with Crippen molar-refractivity contribution in [1.82, 2.24) is 14.8 Å². The van der Waals surface area contributed by atoms with E-state index in [1.165, 1.54) is 0 Å². The quantitative estimate of drug-likeness (QED) is 0.786. The number of hydrogen-bond acceptors (Lipinski definition) is 3. The molecule has 21 heavy (non-hydrogen) atoms. The van der Waals surface area contributed by atoms with E-state index in [4.69, 9.17) is 5.11 Å². The number of aryl methyl sites for hydroxylation is 1. The Balaban J connectivity index is 1.99. The molecule has 0 radical (unpaired) electrons. The highest BCUT2D eigenvalue weighted by Crippen LogP contribution is 2.19. The molecule has 1 atom stereocenters. The first-order chi connectivity index (χ1) is 9.88. The summed E-state index contributed by atoms with van der Waals surface area (Å²) in [4.78, 5) is 29.9. The second-order valence-electron chi connectivity index (χ2n) is 5.63. The van der Waals surface area contributed by atoms with Crippen LogP contribution >= 0.6 is 0 Å². The predicted octanol–water partition coefficient (Wildman–Crippen LogP) is 1.58. The van der Waals surface area contributed by atoms with Gasteiger partial charge in [-0.15, -0.1) is 0 Å². The number of carboxylic acid groups (broad SMARTS) is 1. The number of carbonyl (C=O) groups is 2. The van der Waals surface area contributed by atoms with Crippen molar-refractivity contribution in [3.8, 4) is 0 Å². The Labute approximate surface area is 123 Å². The lowest BCUT2D eigenvalue weighted by atomic mass is 10.2. The topological polar surface area (TPSA) is 88.7 Å². The largest absolute Gasteiger partial charge is 0.477 e. The Bertz CT molecular complexity index is 540. The lowest BCUT2D eigenvalue weighted by Crippen LogP contribution is -2.41. The van der Waals surface area contributed by atoms with E-state index in [-0.39, 0.29) is 11.7 Å². The monoisotopic (exact) mass is 294 g/mol. The molecule has 1 unspecified atom stereocenters. The van der Waals surface area contributed by atoms with Crippen LogP contribution in [0, 0.1) is 6.92 Å². The predicted molar refractivity (Wildman–Crippen MR) is 79.8 cm³/mol. The highest BCUT2D eigenvalue weighted by atomic mass is 16.4. The molecule has 0 aliphatic carbocycles. The summed E-state index contributed by atoms with van der Waals surface area (Å²) in [7, 11) is 3.78. The molecule has 3 N–H and O–H groups in total. The van der Waals surface area contributed by atoms with Gasteiger partial charge in [-0.05, 0) is 39.4 Å². The number of hydrogen-bond donors (Lipinski definition) is 3. The van der Waals surface area contributed by atoms with Crippen LogP contribution in [0.1, 0.15) is 29.0 Å². The van der Waals surface area contributed by atoms with Gasteiger partial charge >= 0.3 is 12.0 Å². The maximum absolute atomic E-state index is 12.2. The number of rotatable bonds is 4. The molecule has 1 aliphatic heterocycles. The van der Waals surface area contributed by atoms with Crippen LogP contribution in [0.15, 0.2) is 6.07 Å². The molecular weight excluding hydrogens is 272 g/mol. The van der Waals surface area contributed by atoms with Crippen molar-refractivity contribution in [2.45, 2.75) is 25.8 Å². The Morgan fingerprint density at radius 1 is 1.57 bits per heavy atom. The number of H-pyrrole nitrogens is 1. The number of likely N-dealkylation sites (N-methyl/N-ethyl adjacent to an activating group) is 2. The number of likely N-dealkylation sites (tertiary alicyclic amines) is 1. The average Bonchev–Trinajstić information content (AvgIpc) is 2.96. The molecule has 2 rings (SSSR count). The number of carbonyl (C=O) groups excluding carboxylic acids is 1. The summed E-state index contributed by atoms with van der Waals surface area (Å²) in [6, 6.07) is 1.70. The molecule has 0 saturated carbocycles. The molecule has 1 aromatic rings. The SMILES string of the molecule is Cc1cc(NC(=O)N(C)CC2CCCN2C)c(C(=O)O)[nH]1. The van der Waals surface area contributed by atoms with Crippen molar-refractivity contribution in [2.24, 2.45) is 0 Å². The molecule has 2 amide bonds. The van der Waals surface area contributed by atoms with E-state index in [9.17, 15) is 9.59 Å². The van der Waals surface area contributed by atoms with E-state index in [2.05, 4.69) is 22.2 Å². The third-order valence-corrected chi connectivity index (χ3v) is 3.91. The van der Waals surface area contributed by atoms with Crippen LogP contribution in [0.5, 0.6) is 0 Å². The van der Waals surface area contributed by atoms with Crippen LogP contribution in [0.3, 0.4) is 0 Å². The van der Waals surface area contributed by atoms with E-state index in [0.717, 1.165) is 19.4 Å². The molecule has 1 saturated heterocycles. The Kier molecular flexibility index (Phi) is 4.52. The van der Waals surface area contributed by atoms with Gasteiger partial charge in [-0.25, -0.2) is 9.59 Å². The van der Waals surface area contributed by atoms with Gasteiger partial charge in [-0.3, -0.25) is 0 Å². The zero-order chi connectivity index (χ0) is 15.6. The van der Waals surface area contributed by atoms with Gasteiger partial charge in [0.15, 0.2) is 0 Å². The smallest absolute Gasteiger partial charge is 0.354 e. The Morgan fingerprint density at radius 3 is 2.86 bits per heavy atom. The van der Waals surface area contributed by atoms with Gasteiger partial charge in [-0.1, -0.05) is 0 Å². The average molecular weight is 294 g/mol. The molecule has 7 heteroatoms. The first-order valence-corrected chi connectivity index (χ1v) is 7.03. The van der Waals surface area contributed by atoms with Gasteiger partial charge in [0.25, 0.3) is 0 Å². The fourth-order valence-corrected chi connectivity index (χ4v) is 2.68.